The summed E-state index contributed by atoms with van der Waals surface area (Å²) in [4.78, 5) is 10.7. The third-order valence-electron chi connectivity index (χ3n) is 2.60. The lowest BCUT2D eigenvalue weighted by Crippen LogP contribution is -2.22. The minimum atomic E-state index is -1.06. The Kier molecular flexibility index (Phi) is 3.88. The number of aromatic carboxylic acids is 1. The predicted octanol–water partition coefficient (Wildman–Crippen LogP) is 2.98. The maximum atomic E-state index is 13.4. The molecule has 1 aromatic rings. The largest absolute Gasteiger partial charge is 0.478 e. The average Bonchev–Trinajstić information content (AvgIpc) is 2.20. The minimum absolute atomic E-state index is 0.0820. The highest BCUT2D eigenvalue weighted by molar-refractivity contribution is 5.88. The molecule has 0 aliphatic rings. The summed E-state index contributed by atoms with van der Waals surface area (Å²) in [5, 5.41) is 11.8. The van der Waals surface area contributed by atoms with E-state index < -0.39 is 11.8 Å². The highest BCUT2D eigenvalue weighted by Crippen LogP contribution is 2.19. The monoisotopic (exact) mass is 225 g/mol. The van der Waals surface area contributed by atoms with E-state index in [9.17, 15) is 9.18 Å². The van der Waals surface area contributed by atoms with Crippen molar-refractivity contribution < 1.29 is 14.3 Å². The first kappa shape index (κ1) is 12.5. The number of anilines is 1. The number of benzene rings is 1. The predicted molar refractivity (Wildman–Crippen MR) is 61.3 cm³/mol. The van der Waals surface area contributed by atoms with Crippen molar-refractivity contribution in [2.45, 2.75) is 26.8 Å². The first-order valence-corrected chi connectivity index (χ1v) is 5.21. The molecule has 0 amide bonds. The molecule has 3 nitrogen and oxygen atoms in total. The normalized spacial score (nSPS) is 12.6. The van der Waals surface area contributed by atoms with Crippen LogP contribution in [0.4, 0.5) is 10.1 Å². The molecule has 1 rings (SSSR count). The molecule has 0 radical (unpaired) electrons. The molecular weight excluding hydrogens is 209 g/mol. The number of hydrogen-bond acceptors (Lipinski definition) is 2. The van der Waals surface area contributed by atoms with Gasteiger partial charge < -0.3 is 10.4 Å². The van der Waals surface area contributed by atoms with E-state index in [2.05, 4.69) is 5.32 Å². The molecule has 0 spiro atoms. The number of rotatable bonds is 4. The lowest BCUT2D eigenvalue weighted by Gasteiger charge is -2.19. The molecular formula is C12H16FNO2. The van der Waals surface area contributed by atoms with Gasteiger partial charge in [-0.1, -0.05) is 13.8 Å². The smallest absolute Gasteiger partial charge is 0.335 e. The molecule has 0 saturated heterocycles. The number of nitrogens with one attached hydrogen (secondary N) is 1. The van der Waals surface area contributed by atoms with Crippen molar-refractivity contribution in [2.75, 3.05) is 5.32 Å². The van der Waals surface area contributed by atoms with Crippen LogP contribution in [0.2, 0.25) is 0 Å². The van der Waals surface area contributed by atoms with Crippen molar-refractivity contribution in [3.63, 3.8) is 0 Å². The van der Waals surface area contributed by atoms with Gasteiger partial charge in [-0.2, -0.15) is 0 Å². The van der Waals surface area contributed by atoms with Gasteiger partial charge in [0, 0.05) is 6.04 Å². The van der Waals surface area contributed by atoms with Gasteiger partial charge in [0.25, 0.3) is 0 Å². The van der Waals surface area contributed by atoms with Crippen LogP contribution in [0.3, 0.4) is 0 Å². The van der Waals surface area contributed by atoms with Gasteiger partial charge in [0.15, 0.2) is 0 Å². The molecule has 2 N–H and O–H groups in total. The van der Waals surface area contributed by atoms with Gasteiger partial charge >= 0.3 is 5.97 Å². The molecule has 1 unspecified atom stereocenters. The summed E-state index contributed by atoms with van der Waals surface area (Å²) in [6, 6.07) is 3.82. The third kappa shape index (κ3) is 2.95. The zero-order chi connectivity index (χ0) is 12.3. The quantitative estimate of drug-likeness (QED) is 0.828. The lowest BCUT2D eigenvalue weighted by atomic mass is 10.1. The fourth-order valence-corrected chi connectivity index (χ4v) is 1.18. The Labute approximate surface area is 94.3 Å². The average molecular weight is 225 g/mol. The topological polar surface area (TPSA) is 49.3 Å². The minimum Gasteiger partial charge on any atom is -0.478 e. The third-order valence-corrected chi connectivity index (χ3v) is 2.60. The number of halogens is 1. The molecule has 0 fully saturated rings. The highest BCUT2D eigenvalue weighted by Gasteiger charge is 2.12. The Morgan fingerprint density at radius 1 is 1.38 bits per heavy atom. The molecule has 0 aliphatic heterocycles. The molecule has 88 valence electrons. The molecule has 0 saturated carbocycles. The van der Waals surface area contributed by atoms with Crippen LogP contribution < -0.4 is 5.32 Å². The lowest BCUT2D eigenvalue weighted by molar-refractivity contribution is 0.0697. The fraction of sp³-hybridized carbons (Fsp3) is 0.417. The van der Waals surface area contributed by atoms with Gasteiger partial charge in [-0.25, -0.2) is 9.18 Å². The van der Waals surface area contributed by atoms with E-state index in [-0.39, 0.29) is 17.3 Å². The molecule has 4 heteroatoms. The van der Waals surface area contributed by atoms with Crippen molar-refractivity contribution in [1.29, 1.82) is 0 Å². The second kappa shape index (κ2) is 4.96. The molecule has 0 heterocycles. The van der Waals surface area contributed by atoms with Crippen LogP contribution in [0.15, 0.2) is 18.2 Å². The first-order valence-electron chi connectivity index (χ1n) is 5.21. The van der Waals surface area contributed by atoms with Crippen LogP contribution in [-0.4, -0.2) is 17.1 Å². The standard InChI is InChI=1S/C12H16FNO2/c1-7(2)8(3)14-11-6-9(12(15)16)4-5-10(11)13/h4-8,14H,1-3H3,(H,15,16). The van der Waals surface area contributed by atoms with Gasteiger partial charge in [-0.15, -0.1) is 0 Å². The zero-order valence-electron chi connectivity index (χ0n) is 9.62. The Morgan fingerprint density at radius 2 is 2.00 bits per heavy atom. The van der Waals surface area contributed by atoms with Gasteiger partial charge in [0.2, 0.25) is 0 Å². The van der Waals surface area contributed by atoms with Gasteiger partial charge in [-0.05, 0) is 31.0 Å². The number of carboxylic acids is 1. The first-order chi connectivity index (χ1) is 7.41. The van der Waals surface area contributed by atoms with Crippen LogP contribution in [0, 0.1) is 11.7 Å². The van der Waals surface area contributed by atoms with E-state index in [0.29, 0.717) is 5.92 Å². The van der Waals surface area contributed by atoms with Crippen molar-refractivity contribution >= 4 is 11.7 Å². The van der Waals surface area contributed by atoms with Crippen LogP contribution in [0.1, 0.15) is 31.1 Å². The Morgan fingerprint density at radius 3 is 2.50 bits per heavy atom. The summed E-state index contributed by atoms with van der Waals surface area (Å²) in [5.74, 6) is -1.15. The maximum Gasteiger partial charge on any atom is 0.335 e. The molecule has 1 atom stereocenters. The van der Waals surface area contributed by atoms with E-state index in [1.807, 2.05) is 20.8 Å². The SMILES string of the molecule is CC(C)C(C)Nc1cc(C(=O)O)ccc1F. The Bertz CT molecular complexity index is 391. The van der Waals surface area contributed by atoms with Gasteiger partial charge in [0.05, 0.1) is 11.3 Å². The number of carbonyl (C=O) groups is 1. The molecule has 0 aromatic heterocycles. The summed E-state index contributed by atoms with van der Waals surface area (Å²) in [7, 11) is 0. The van der Waals surface area contributed by atoms with Gasteiger partial charge in [0.1, 0.15) is 5.82 Å². The van der Waals surface area contributed by atoms with Crippen molar-refractivity contribution in [3.05, 3.63) is 29.6 Å². The second-order valence-electron chi connectivity index (χ2n) is 4.18. The summed E-state index contributed by atoms with van der Waals surface area (Å²) < 4.78 is 13.4. The van der Waals surface area contributed by atoms with Crippen molar-refractivity contribution in [2.24, 2.45) is 5.92 Å². The van der Waals surface area contributed by atoms with E-state index in [1.165, 1.54) is 18.2 Å². The summed E-state index contributed by atoms with van der Waals surface area (Å²) in [5.41, 5.74) is 0.320. The summed E-state index contributed by atoms with van der Waals surface area (Å²) >= 11 is 0. The second-order valence-corrected chi connectivity index (χ2v) is 4.18. The van der Waals surface area contributed by atoms with E-state index in [4.69, 9.17) is 5.11 Å². The van der Waals surface area contributed by atoms with Crippen LogP contribution in [-0.2, 0) is 0 Å². The summed E-state index contributed by atoms with van der Waals surface area (Å²) in [6.45, 7) is 5.95. The van der Waals surface area contributed by atoms with Crippen LogP contribution >= 0.6 is 0 Å². The summed E-state index contributed by atoms with van der Waals surface area (Å²) in [6.07, 6.45) is 0. The highest BCUT2D eigenvalue weighted by atomic mass is 19.1. The molecule has 0 aliphatic carbocycles. The van der Waals surface area contributed by atoms with Crippen LogP contribution in [0.5, 0.6) is 0 Å². The van der Waals surface area contributed by atoms with E-state index in [1.54, 1.807) is 0 Å². The van der Waals surface area contributed by atoms with Crippen molar-refractivity contribution in [1.82, 2.24) is 0 Å². The van der Waals surface area contributed by atoms with Crippen molar-refractivity contribution in [3.8, 4) is 0 Å². The molecule has 0 bridgehead atoms. The van der Waals surface area contributed by atoms with E-state index >= 15 is 0 Å². The zero-order valence-corrected chi connectivity index (χ0v) is 9.62. The molecule has 16 heavy (non-hydrogen) atoms. The number of carboxylic acid groups (broad SMARTS) is 1. The number of hydrogen-bond donors (Lipinski definition) is 2. The maximum absolute atomic E-state index is 13.4. The molecule has 1 aromatic carbocycles. The fourth-order valence-electron chi connectivity index (χ4n) is 1.18. The van der Waals surface area contributed by atoms with Gasteiger partial charge in [-0.3, -0.25) is 0 Å². The van der Waals surface area contributed by atoms with E-state index in [0.717, 1.165) is 0 Å². The van der Waals surface area contributed by atoms with Crippen LogP contribution in [0.25, 0.3) is 0 Å². The Hall–Kier alpha value is -1.58. The Balaban J connectivity index is 2.94.